The standard InChI is InChI=1S/C10H12N4/c11-4-2-1-3-9-7-13-10-8-12-5-6-14(9)10/h1,3,5-8H,2,4,11H2. The van der Waals surface area contributed by atoms with Crippen molar-refractivity contribution in [3.63, 3.8) is 0 Å². The van der Waals surface area contributed by atoms with Crippen LogP contribution in [-0.4, -0.2) is 20.9 Å². The zero-order chi connectivity index (χ0) is 9.80. The topological polar surface area (TPSA) is 56.2 Å². The van der Waals surface area contributed by atoms with Crippen molar-refractivity contribution >= 4 is 11.7 Å². The third-order valence-electron chi connectivity index (χ3n) is 1.97. The molecule has 0 saturated heterocycles. The fraction of sp³-hybridized carbons (Fsp3) is 0.200. The first-order valence-electron chi connectivity index (χ1n) is 4.55. The first-order valence-corrected chi connectivity index (χ1v) is 4.55. The Morgan fingerprint density at radius 3 is 3.21 bits per heavy atom. The number of rotatable bonds is 3. The molecule has 2 aromatic heterocycles. The smallest absolute Gasteiger partial charge is 0.155 e. The lowest BCUT2D eigenvalue weighted by Gasteiger charge is -1.93. The molecule has 14 heavy (non-hydrogen) atoms. The second-order valence-corrected chi connectivity index (χ2v) is 2.97. The maximum Gasteiger partial charge on any atom is 0.155 e. The minimum atomic E-state index is 0.675. The van der Waals surface area contributed by atoms with E-state index in [1.54, 1.807) is 12.4 Å². The van der Waals surface area contributed by atoms with Crippen LogP contribution in [0.1, 0.15) is 12.1 Å². The highest BCUT2D eigenvalue weighted by atomic mass is 15.0. The molecule has 2 aromatic rings. The lowest BCUT2D eigenvalue weighted by molar-refractivity contribution is 1.01. The quantitative estimate of drug-likeness (QED) is 0.784. The van der Waals surface area contributed by atoms with Crippen LogP contribution in [0.15, 0.2) is 30.9 Å². The Morgan fingerprint density at radius 1 is 1.43 bits per heavy atom. The van der Waals surface area contributed by atoms with Crippen LogP contribution in [0.3, 0.4) is 0 Å². The predicted molar refractivity (Wildman–Crippen MR) is 55.7 cm³/mol. The van der Waals surface area contributed by atoms with Gasteiger partial charge in [0.1, 0.15) is 0 Å². The van der Waals surface area contributed by atoms with Crippen molar-refractivity contribution < 1.29 is 0 Å². The van der Waals surface area contributed by atoms with Gasteiger partial charge in [0, 0.05) is 12.4 Å². The van der Waals surface area contributed by atoms with Crippen LogP contribution < -0.4 is 5.73 Å². The molecule has 0 aliphatic heterocycles. The highest BCUT2D eigenvalue weighted by Gasteiger charge is 1.97. The van der Waals surface area contributed by atoms with Gasteiger partial charge in [-0.15, -0.1) is 0 Å². The van der Waals surface area contributed by atoms with Crippen LogP contribution in [0.25, 0.3) is 11.7 Å². The van der Waals surface area contributed by atoms with E-state index in [0.29, 0.717) is 6.54 Å². The van der Waals surface area contributed by atoms with Gasteiger partial charge in [0.25, 0.3) is 0 Å². The minimum absolute atomic E-state index is 0.675. The fourth-order valence-electron chi connectivity index (χ4n) is 1.29. The molecule has 0 aliphatic rings. The Kier molecular flexibility index (Phi) is 2.55. The van der Waals surface area contributed by atoms with Gasteiger partial charge in [-0.05, 0) is 19.0 Å². The molecule has 0 fully saturated rings. The zero-order valence-corrected chi connectivity index (χ0v) is 7.80. The van der Waals surface area contributed by atoms with Crippen molar-refractivity contribution in [1.29, 1.82) is 0 Å². The minimum Gasteiger partial charge on any atom is -0.330 e. The third-order valence-corrected chi connectivity index (χ3v) is 1.97. The molecule has 0 atom stereocenters. The van der Waals surface area contributed by atoms with Crippen molar-refractivity contribution in [2.24, 2.45) is 5.73 Å². The van der Waals surface area contributed by atoms with E-state index in [1.807, 2.05) is 28.9 Å². The summed E-state index contributed by atoms with van der Waals surface area (Å²) in [7, 11) is 0. The Hall–Kier alpha value is -1.68. The molecular weight excluding hydrogens is 176 g/mol. The first kappa shape index (κ1) is 8.90. The van der Waals surface area contributed by atoms with Gasteiger partial charge in [-0.25, -0.2) is 4.98 Å². The van der Waals surface area contributed by atoms with Gasteiger partial charge in [-0.2, -0.15) is 0 Å². The van der Waals surface area contributed by atoms with E-state index in [9.17, 15) is 0 Å². The van der Waals surface area contributed by atoms with Crippen LogP contribution in [0.2, 0.25) is 0 Å². The number of hydrogen-bond acceptors (Lipinski definition) is 3. The van der Waals surface area contributed by atoms with Crippen molar-refractivity contribution in [3.8, 4) is 0 Å². The molecule has 2 N–H and O–H groups in total. The van der Waals surface area contributed by atoms with Gasteiger partial charge < -0.3 is 5.73 Å². The zero-order valence-electron chi connectivity index (χ0n) is 7.80. The van der Waals surface area contributed by atoms with E-state index in [0.717, 1.165) is 17.8 Å². The molecular formula is C10H12N4. The average Bonchev–Trinajstić information content (AvgIpc) is 2.63. The van der Waals surface area contributed by atoms with Gasteiger partial charge >= 0.3 is 0 Å². The number of imidazole rings is 1. The Bertz CT molecular complexity index is 444. The molecule has 2 heterocycles. The summed E-state index contributed by atoms with van der Waals surface area (Å²) in [6.45, 7) is 0.675. The molecule has 72 valence electrons. The SMILES string of the molecule is NCCC=Cc1cnc2cnccn12. The molecule has 0 amide bonds. The summed E-state index contributed by atoms with van der Waals surface area (Å²) in [5, 5.41) is 0. The maximum atomic E-state index is 5.40. The van der Waals surface area contributed by atoms with Gasteiger partial charge in [0.15, 0.2) is 5.65 Å². The lowest BCUT2D eigenvalue weighted by atomic mass is 10.3. The summed E-state index contributed by atoms with van der Waals surface area (Å²) >= 11 is 0. The van der Waals surface area contributed by atoms with E-state index < -0.39 is 0 Å². The second kappa shape index (κ2) is 4.02. The van der Waals surface area contributed by atoms with Crippen LogP contribution in [0.5, 0.6) is 0 Å². The van der Waals surface area contributed by atoms with Crippen molar-refractivity contribution in [1.82, 2.24) is 14.4 Å². The number of nitrogens with zero attached hydrogens (tertiary/aromatic N) is 3. The van der Waals surface area contributed by atoms with Crippen molar-refractivity contribution in [3.05, 3.63) is 36.6 Å². The molecule has 0 aromatic carbocycles. The number of aromatic nitrogens is 3. The summed E-state index contributed by atoms with van der Waals surface area (Å²) in [6.07, 6.45) is 12.2. The van der Waals surface area contributed by atoms with Crippen molar-refractivity contribution in [2.45, 2.75) is 6.42 Å². The molecule has 0 bridgehead atoms. The Morgan fingerprint density at radius 2 is 2.36 bits per heavy atom. The highest BCUT2D eigenvalue weighted by Crippen LogP contribution is 2.06. The van der Waals surface area contributed by atoms with Crippen LogP contribution in [0.4, 0.5) is 0 Å². The third kappa shape index (κ3) is 1.65. The molecule has 0 saturated carbocycles. The summed E-state index contributed by atoms with van der Waals surface area (Å²) in [6, 6.07) is 0. The Labute approximate surface area is 82.1 Å². The van der Waals surface area contributed by atoms with Gasteiger partial charge in [0.05, 0.1) is 18.1 Å². The monoisotopic (exact) mass is 188 g/mol. The highest BCUT2D eigenvalue weighted by molar-refractivity contribution is 5.51. The molecule has 0 spiro atoms. The summed E-state index contributed by atoms with van der Waals surface area (Å²) < 4.78 is 1.99. The summed E-state index contributed by atoms with van der Waals surface area (Å²) in [5.74, 6) is 0. The first-order chi connectivity index (χ1) is 6.92. The van der Waals surface area contributed by atoms with Gasteiger partial charge in [0.2, 0.25) is 0 Å². The lowest BCUT2D eigenvalue weighted by Crippen LogP contribution is -1.95. The number of nitrogens with two attached hydrogens (primary N) is 1. The number of fused-ring (bicyclic) bond motifs is 1. The average molecular weight is 188 g/mol. The molecule has 2 rings (SSSR count). The second-order valence-electron chi connectivity index (χ2n) is 2.97. The normalized spacial score (nSPS) is 11.5. The number of hydrogen-bond donors (Lipinski definition) is 1. The van der Waals surface area contributed by atoms with Crippen LogP contribution in [0, 0.1) is 0 Å². The van der Waals surface area contributed by atoms with E-state index in [4.69, 9.17) is 5.73 Å². The molecule has 0 unspecified atom stereocenters. The Balaban J connectivity index is 2.34. The largest absolute Gasteiger partial charge is 0.330 e. The van der Waals surface area contributed by atoms with E-state index >= 15 is 0 Å². The van der Waals surface area contributed by atoms with Crippen molar-refractivity contribution in [2.75, 3.05) is 6.54 Å². The molecule has 0 aliphatic carbocycles. The van der Waals surface area contributed by atoms with Crippen LogP contribution in [-0.2, 0) is 0 Å². The fourth-order valence-corrected chi connectivity index (χ4v) is 1.29. The summed E-state index contributed by atoms with van der Waals surface area (Å²) in [4.78, 5) is 8.21. The molecule has 4 nitrogen and oxygen atoms in total. The van der Waals surface area contributed by atoms with E-state index in [2.05, 4.69) is 9.97 Å². The summed E-state index contributed by atoms with van der Waals surface area (Å²) in [5.41, 5.74) is 7.31. The van der Waals surface area contributed by atoms with Gasteiger partial charge in [-0.3, -0.25) is 9.38 Å². The predicted octanol–water partition coefficient (Wildman–Crippen LogP) is 1.09. The van der Waals surface area contributed by atoms with E-state index in [1.165, 1.54) is 0 Å². The van der Waals surface area contributed by atoms with Gasteiger partial charge in [-0.1, -0.05) is 6.08 Å². The van der Waals surface area contributed by atoms with E-state index in [-0.39, 0.29) is 0 Å². The molecule has 4 heteroatoms. The maximum absolute atomic E-state index is 5.40. The molecule has 0 radical (unpaired) electrons. The van der Waals surface area contributed by atoms with Crippen LogP contribution >= 0.6 is 0 Å².